The molecule has 0 radical (unpaired) electrons. The van der Waals surface area contributed by atoms with E-state index in [1.165, 1.54) is 13.3 Å². The van der Waals surface area contributed by atoms with Gasteiger partial charge in [0.2, 0.25) is 5.91 Å². The summed E-state index contributed by atoms with van der Waals surface area (Å²) >= 11 is 2.20. The predicted octanol–water partition coefficient (Wildman–Crippen LogP) is 3.04. The second-order valence-corrected chi connectivity index (χ2v) is 8.59. The Bertz CT molecular complexity index is 901. The Labute approximate surface area is 177 Å². The van der Waals surface area contributed by atoms with Crippen molar-refractivity contribution in [1.29, 1.82) is 0 Å². The summed E-state index contributed by atoms with van der Waals surface area (Å²) in [5.41, 5.74) is 0.0189. The molecule has 2 amide bonds. The molecule has 0 N–H and O–H groups in total. The van der Waals surface area contributed by atoms with Crippen LogP contribution in [0.3, 0.4) is 0 Å². The average molecular weight is 500 g/mol. The predicted molar refractivity (Wildman–Crippen MR) is 116 cm³/mol. The van der Waals surface area contributed by atoms with Crippen LogP contribution in [0.4, 0.5) is 10.6 Å². The van der Waals surface area contributed by atoms with Gasteiger partial charge in [-0.25, -0.2) is 24.7 Å². The zero-order valence-corrected chi connectivity index (χ0v) is 19.1. The molecule has 0 aliphatic heterocycles. The molecule has 0 saturated carbocycles. The molecule has 0 aromatic carbocycles. The highest BCUT2D eigenvalue weighted by Crippen LogP contribution is 2.28. The second-order valence-electron chi connectivity index (χ2n) is 7.43. The summed E-state index contributed by atoms with van der Waals surface area (Å²) in [5.74, 6) is 0.198. The zero-order chi connectivity index (χ0) is 21.1. The molecule has 10 heteroatoms. The number of aromatic nitrogens is 3. The van der Waals surface area contributed by atoms with Crippen LogP contribution in [-0.4, -0.2) is 68.9 Å². The Hall–Kier alpha value is -2.24. The van der Waals surface area contributed by atoms with Crippen molar-refractivity contribution in [3.8, 4) is 0 Å². The van der Waals surface area contributed by atoms with Crippen molar-refractivity contribution < 1.29 is 14.3 Å². The van der Waals surface area contributed by atoms with Crippen LogP contribution in [0, 0.1) is 3.57 Å². The van der Waals surface area contributed by atoms with Crippen molar-refractivity contribution in [2.45, 2.75) is 39.8 Å². The molecule has 0 aliphatic carbocycles. The molecular weight excluding hydrogens is 475 g/mol. The first kappa shape index (κ1) is 22.1. The van der Waals surface area contributed by atoms with Gasteiger partial charge >= 0.3 is 6.09 Å². The van der Waals surface area contributed by atoms with Crippen LogP contribution >= 0.6 is 22.6 Å². The van der Waals surface area contributed by atoms with Crippen molar-refractivity contribution in [3.05, 3.63) is 16.1 Å². The number of hydrogen-bond donors (Lipinski definition) is 0. The molecule has 2 aromatic heterocycles. The van der Waals surface area contributed by atoms with Gasteiger partial charge in [-0.3, -0.25) is 4.79 Å². The van der Waals surface area contributed by atoms with E-state index in [0.717, 1.165) is 13.9 Å². The number of amides is 2. The molecular formula is C18H25IN6O3. The van der Waals surface area contributed by atoms with Crippen LogP contribution in [0.5, 0.6) is 0 Å². The van der Waals surface area contributed by atoms with E-state index in [2.05, 4.69) is 37.6 Å². The minimum absolute atomic E-state index is 0.171. The van der Waals surface area contributed by atoms with Crippen LogP contribution in [0.2, 0.25) is 0 Å². The largest absolute Gasteiger partial charge is 0.443 e. The summed E-state index contributed by atoms with van der Waals surface area (Å²) in [5, 5.41) is 0.827. The van der Waals surface area contributed by atoms with Crippen LogP contribution < -0.4 is 0 Å². The lowest BCUT2D eigenvalue weighted by atomic mass is 10.2. The molecule has 2 heterocycles. The molecule has 152 valence electrons. The number of nitrogens with zero attached hydrogens (tertiary/aromatic N) is 6. The number of hydrogen-bond acceptors (Lipinski definition) is 6. The van der Waals surface area contributed by atoms with Gasteiger partial charge in [-0.1, -0.05) is 0 Å². The fourth-order valence-corrected chi connectivity index (χ4v) is 3.22. The topological polar surface area (TPSA) is 92.9 Å². The maximum absolute atomic E-state index is 12.3. The monoisotopic (exact) mass is 500 g/mol. The minimum atomic E-state index is -0.674. The number of halogens is 1. The Morgan fingerprint density at radius 1 is 1.32 bits per heavy atom. The third kappa shape index (κ3) is 5.63. The molecule has 0 aliphatic rings. The number of imide groups is 1. The Kier molecular flexibility index (Phi) is 6.96. The first-order valence-electron chi connectivity index (χ1n) is 8.70. The fourth-order valence-electron chi connectivity index (χ4n) is 2.40. The zero-order valence-electron chi connectivity index (χ0n) is 16.9. The fraction of sp³-hybridized carbons (Fsp3) is 0.500. The summed E-state index contributed by atoms with van der Waals surface area (Å²) in [4.78, 5) is 40.2. The third-order valence-electron chi connectivity index (χ3n) is 3.56. The highest BCUT2D eigenvalue weighted by atomic mass is 127. The van der Waals surface area contributed by atoms with Crippen LogP contribution in [0.25, 0.3) is 11.0 Å². The third-order valence-corrected chi connectivity index (χ3v) is 4.37. The molecule has 0 unspecified atom stereocenters. The van der Waals surface area contributed by atoms with Gasteiger partial charge in [0.15, 0.2) is 5.82 Å². The highest BCUT2D eigenvalue weighted by molar-refractivity contribution is 14.1. The van der Waals surface area contributed by atoms with Crippen LogP contribution in [0.15, 0.2) is 17.5 Å². The van der Waals surface area contributed by atoms with Crippen molar-refractivity contribution in [3.63, 3.8) is 0 Å². The quantitative estimate of drug-likeness (QED) is 0.356. The maximum atomic E-state index is 12.3. The number of carbonyl (C=O) groups excluding carboxylic acids is 2. The first-order chi connectivity index (χ1) is 13.0. The lowest BCUT2D eigenvalue weighted by molar-refractivity contribution is -0.128. The van der Waals surface area contributed by atoms with Crippen molar-refractivity contribution >= 4 is 57.8 Å². The van der Waals surface area contributed by atoms with Gasteiger partial charge in [0.1, 0.15) is 17.6 Å². The number of fused-ring (bicyclic) bond motifs is 1. The second kappa shape index (κ2) is 8.84. The summed E-state index contributed by atoms with van der Waals surface area (Å²) in [6.07, 6.45) is 4.38. The standard InChI is InChI=1S/C18H25IN6O3/c1-12(26)25(17(27)28-18(2,3)4)8-7-24-9-13(19)14-15(22-11-23(5)6)20-10-21-16(14)24/h9-11H,7-8H2,1-6H3/b22-11+. The van der Waals surface area contributed by atoms with Gasteiger partial charge in [-0.15, -0.1) is 0 Å². The van der Waals surface area contributed by atoms with E-state index < -0.39 is 11.7 Å². The van der Waals surface area contributed by atoms with E-state index >= 15 is 0 Å². The Morgan fingerprint density at radius 3 is 2.57 bits per heavy atom. The van der Waals surface area contributed by atoms with Gasteiger partial charge in [0.25, 0.3) is 0 Å². The van der Waals surface area contributed by atoms with Crippen molar-refractivity contribution in [2.24, 2.45) is 4.99 Å². The lowest BCUT2D eigenvalue weighted by Crippen LogP contribution is -2.41. The number of ether oxygens (including phenoxy) is 1. The first-order valence-corrected chi connectivity index (χ1v) is 9.78. The minimum Gasteiger partial charge on any atom is -0.443 e. The average Bonchev–Trinajstić information content (AvgIpc) is 2.88. The van der Waals surface area contributed by atoms with Gasteiger partial charge in [-0.05, 0) is 43.4 Å². The van der Waals surface area contributed by atoms with E-state index in [1.54, 1.807) is 27.1 Å². The summed E-state index contributed by atoms with van der Waals surface area (Å²) in [6.45, 7) is 7.18. The van der Waals surface area contributed by atoms with Crippen LogP contribution in [-0.2, 0) is 16.1 Å². The maximum Gasteiger partial charge on any atom is 0.417 e. The molecule has 2 aromatic rings. The molecule has 0 saturated heterocycles. The molecule has 0 atom stereocenters. The van der Waals surface area contributed by atoms with E-state index in [1.807, 2.05) is 29.8 Å². The van der Waals surface area contributed by atoms with Crippen molar-refractivity contribution in [1.82, 2.24) is 24.3 Å². The molecule has 2 rings (SSSR count). The smallest absolute Gasteiger partial charge is 0.417 e. The summed E-state index contributed by atoms with van der Waals surface area (Å²) in [6, 6.07) is 0. The summed E-state index contributed by atoms with van der Waals surface area (Å²) in [7, 11) is 3.76. The molecule has 0 bridgehead atoms. The van der Waals surface area contributed by atoms with Crippen LogP contribution in [0.1, 0.15) is 27.7 Å². The van der Waals surface area contributed by atoms with E-state index in [4.69, 9.17) is 4.74 Å². The number of carbonyl (C=O) groups is 2. The van der Waals surface area contributed by atoms with Gasteiger partial charge in [-0.2, -0.15) is 0 Å². The highest BCUT2D eigenvalue weighted by Gasteiger charge is 2.25. The lowest BCUT2D eigenvalue weighted by Gasteiger charge is -2.25. The summed E-state index contributed by atoms with van der Waals surface area (Å²) < 4.78 is 8.14. The Balaban J connectivity index is 2.27. The van der Waals surface area contributed by atoms with Crippen molar-refractivity contribution in [2.75, 3.05) is 20.6 Å². The van der Waals surface area contributed by atoms with E-state index in [-0.39, 0.29) is 12.5 Å². The number of rotatable bonds is 5. The van der Waals surface area contributed by atoms with E-state index in [0.29, 0.717) is 18.0 Å². The van der Waals surface area contributed by atoms with Gasteiger partial charge in [0.05, 0.1) is 18.3 Å². The SMILES string of the molecule is CC(=O)N(CCn1cc(I)c2c(/N=C/N(C)C)ncnc21)C(=O)OC(C)(C)C. The van der Waals surface area contributed by atoms with Gasteiger partial charge in [0, 0.05) is 37.3 Å². The number of aliphatic imine (C=N–C) groups is 1. The molecule has 28 heavy (non-hydrogen) atoms. The van der Waals surface area contributed by atoms with E-state index in [9.17, 15) is 9.59 Å². The van der Waals surface area contributed by atoms with Gasteiger partial charge < -0.3 is 14.2 Å². The molecule has 0 fully saturated rings. The molecule has 0 spiro atoms. The normalized spacial score (nSPS) is 11.8. The Morgan fingerprint density at radius 2 is 2.00 bits per heavy atom. The molecule has 9 nitrogen and oxygen atoms in total.